The zero-order valence-electron chi connectivity index (χ0n) is 7.78. The van der Waals surface area contributed by atoms with Crippen LogP contribution in [0.25, 0.3) is 0 Å². The Labute approximate surface area is 111 Å². The molecule has 0 fully saturated rings. The van der Waals surface area contributed by atoms with E-state index in [-0.39, 0.29) is 6.61 Å². The van der Waals surface area contributed by atoms with E-state index in [1.54, 1.807) is 18.2 Å². The maximum absolute atomic E-state index is 5.93. The van der Waals surface area contributed by atoms with Gasteiger partial charge in [0, 0.05) is 16.6 Å². The lowest BCUT2D eigenvalue weighted by molar-refractivity contribution is 0.301. The number of aromatic nitrogens is 2. The van der Waals surface area contributed by atoms with E-state index in [9.17, 15) is 0 Å². The fourth-order valence-electron chi connectivity index (χ4n) is 1.02. The third-order valence-corrected chi connectivity index (χ3v) is 3.28. The van der Waals surface area contributed by atoms with Gasteiger partial charge in [-0.2, -0.15) is 0 Å². The maximum Gasteiger partial charge on any atom is 0.141 e. The zero-order valence-corrected chi connectivity index (χ0v) is 10.9. The third kappa shape index (κ3) is 2.77. The van der Waals surface area contributed by atoms with E-state index >= 15 is 0 Å². The first-order chi connectivity index (χ1) is 7.66. The van der Waals surface area contributed by atoms with Crippen molar-refractivity contribution < 1.29 is 4.74 Å². The molecule has 7 heteroatoms. The normalized spacial score (nSPS) is 10.4. The highest BCUT2D eigenvalue weighted by atomic mass is 35.5. The maximum atomic E-state index is 5.93. The lowest BCUT2D eigenvalue weighted by Crippen LogP contribution is -1.97. The van der Waals surface area contributed by atoms with E-state index in [1.807, 2.05) is 0 Å². The molecule has 1 aromatic heterocycles. The second-order valence-corrected chi connectivity index (χ2v) is 5.06. The molecular weight excluding hydrogens is 291 g/mol. The molecule has 84 valence electrons. The van der Waals surface area contributed by atoms with Gasteiger partial charge >= 0.3 is 0 Å². The van der Waals surface area contributed by atoms with E-state index in [4.69, 9.17) is 39.5 Å². The minimum absolute atomic E-state index is 0.233. The molecule has 1 aromatic carbocycles. The predicted octanol–water partition coefficient (Wildman–Crippen LogP) is 4.08. The average Bonchev–Trinajstić information content (AvgIpc) is 2.63. The van der Waals surface area contributed by atoms with Crippen molar-refractivity contribution in [2.75, 3.05) is 0 Å². The second kappa shape index (κ2) is 5.19. The number of halogens is 3. The Balaban J connectivity index is 2.08. The molecule has 0 amide bonds. The van der Waals surface area contributed by atoms with Crippen LogP contribution in [0.4, 0.5) is 0 Å². The number of ether oxygens (including phenoxy) is 1. The van der Waals surface area contributed by atoms with E-state index in [0.717, 1.165) is 11.5 Å². The van der Waals surface area contributed by atoms with Gasteiger partial charge in [0.2, 0.25) is 0 Å². The number of benzene rings is 1. The largest absolute Gasteiger partial charge is 0.486 e. The van der Waals surface area contributed by atoms with Crippen LogP contribution in [-0.4, -0.2) is 9.59 Å². The first-order valence-corrected chi connectivity index (χ1v) is 6.12. The summed E-state index contributed by atoms with van der Waals surface area (Å²) in [7, 11) is 0. The zero-order chi connectivity index (χ0) is 11.5. The minimum Gasteiger partial charge on any atom is -0.486 e. The van der Waals surface area contributed by atoms with Gasteiger partial charge in [0.1, 0.15) is 22.4 Å². The number of rotatable bonds is 3. The first-order valence-electron chi connectivity index (χ1n) is 4.21. The summed E-state index contributed by atoms with van der Waals surface area (Å²) in [4.78, 5) is 0. The molecule has 2 aromatic rings. The Morgan fingerprint density at radius 3 is 2.69 bits per heavy atom. The molecule has 2 rings (SSSR count). The number of hydrogen-bond donors (Lipinski definition) is 0. The number of nitrogens with zero attached hydrogens (tertiary/aromatic N) is 2. The highest BCUT2D eigenvalue weighted by Crippen LogP contribution is 2.28. The van der Waals surface area contributed by atoms with Crippen LogP contribution in [0.5, 0.6) is 5.75 Å². The van der Waals surface area contributed by atoms with Crippen molar-refractivity contribution >= 4 is 46.3 Å². The molecule has 3 nitrogen and oxygen atoms in total. The van der Waals surface area contributed by atoms with Gasteiger partial charge < -0.3 is 4.74 Å². The van der Waals surface area contributed by atoms with Gasteiger partial charge in [-0.25, -0.2) is 0 Å². The molecule has 0 atom stereocenters. The van der Waals surface area contributed by atoms with Crippen LogP contribution in [0.2, 0.25) is 14.4 Å². The standard InChI is InChI=1S/C9H5Cl3N2OS/c10-5-1-2-8(6(11)3-5)15-4-7-9(12)16-14-13-7/h1-3H,4H2. The summed E-state index contributed by atoms with van der Waals surface area (Å²) in [5.74, 6) is 0.537. The molecule has 0 saturated carbocycles. The molecule has 0 N–H and O–H groups in total. The Bertz CT molecular complexity index is 503. The molecule has 0 bridgehead atoms. The van der Waals surface area contributed by atoms with Crippen LogP contribution < -0.4 is 4.74 Å². The molecule has 0 aliphatic heterocycles. The average molecular weight is 296 g/mol. The lowest BCUT2D eigenvalue weighted by Gasteiger charge is -2.06. The SMILES string of the molecule is Clc1ccc(OCc2nnsc2Cl)c(Cl)c1. The van der Waals surface area contributed by atoms with Gasteiger partial charge in [-0.3, -0.25) is 0 Å². The van der Waals surface area contributed by atoms with Crippen molar-refractivity contribution in [3.05, 3.63) is 38.3 Å². The van der Waals surface area contributed by atoms with Gasteiger partial charge in [-0.1, -0.05) is 39.3 Å². The molecule has 16 heavy (non-hydrogen) atoms. The Morgan fingerprint density at radius 2 is 2.06 bits per heavy atom. The monoisotopic (exact) mass is 294 g/mol. The fraction of sp³-hybridized carbons (Fsp3) is 0.111. The number of hydrogen-bond acceptors (Lipinski definition) is 4. The Kier molecular flexibility index (Phi) is 3.86. The summed E-state index contributed by atoms with van der Waals surface area (Å²) in [6, 6.07) is 5.00. The summed E-state index contributed by atoms with van der Waals surface area (Å²) in [6.45, 7) is 0.233. The summed E-state index contributed by atoms with van der Waals surface area (Å²) in [5, 5.41) is 4.83. The first kappa shape index (κ1) is 11.9. The Hall–Kier alpha value is -0.550. The van der Waals surface area contributed by atoms with E-state index in [0.29, 0.717) is 25.8 Å². The van der Waals surface area contributed by atoms with Crippen LogP contribution in [0, 0.1) is 0 Å². The van der Waals surface area contributed by atoms with E-state index in [1.165, 1.54) is 0 Å². The molecule has 0 aliphatic rings. The van der Waals surface area contributed by atoms with Gasteiger partial charge in [0.15, 0.2) is 0 Å². The van der Waals surface area contributed by atoms with Crippen LogP contribution >= 0.6 is 46.3 Å². The van der Waals surface area contributed by atoms with Gasteiger partial charge in [0.25, 0.3) is 0 Å². The highest BCUT2D eigenvalue weighted by Gasteiger charge is 2.08. The lowest BCUT2D eigenvalue weighted by atomic mass is 10.3. The van der Waals surface area contributed by atoms with Crippen molar-refractivity contribution in [3.8, 4) is 5.75 Å². The van der Waals surface area contributed by atoms with Crippen LogP contribution in [0.3, 0.4) is 0 Å². The van der Waals surface area contributed by atoms with Crippen molar-refractivity contribution in [1.82, 2.24) is 9.59 Å². The fourth-order valence-corrected chi connectivity index (χ4v) is 2.09. The minimum atomic E-state index is 0.233. The smallest absolute Gasteiger partial charge is 0.141 e. The summed E-state index contributed by atoms with van der Waals surface area (Å²) in [5.41, 5.74) is 0.595. The topological polar surface area (TPSA) is 35.0 Å². The van der Waals surface area contributed by atoms with Gasteiger partial charge in [-0.15, -0.1) is 5.10 Å². The molecular formula is C9H5Cl3N2OS. The molecule has 0 saturated heterocycles. The van der Waals surface area contributed by atoms with Crippen molar-refractivity contribution in [2.45, 2.75) is 6.61 Å². The molecule has 0 radical (unpaired) electrons. The molecule has 0 unspecified atom stereocenters. The summed E-state index contributed by atoms with van der Waals surface area (Å²) >= 11 is 18.6. The van der Waals surface area contributed by atoms with Gasteiger partial charge in [0.05, 0.1) is 5.02 Å². The van der Waals surface area contributed by atoms with Crippen molar-refractivity contribution in [3.63, 3.8) is 0 Å². The van der Waals surface area contributed by atoms with Crippen LogP contribution in [0.15, 0.2) is 18.2 Å². The Morgan fingerprint density at radius 1 is 1.25 bits per heavy atom. The molecule has 1 heterocycles. The highest BCUT2D eigenvalue weighted by molar-refractivity contribution is 7.10. The van der Waals surface area contributed by atoms with Crippen LogP contribution in [-0.2, 0) is 6.61 Å². The third-order valence-electron chi connectivity index (χ3n) is 1.77. The molecule has 0 aliphatic carbocycles. The van der Waals surface area contributed by atoms with Gasteiger partial charge in [-0.05, 0) is 18.2 Å². The predicted molar refractivity (Wildman–Crippen MR) is 65.7 cm³/mol. The van der Waals surface area contributed by atoms with E-state index < -0.39 is 0 Å². The molecule has 0 spiro atoms. The van der Waals surface area contributed by atoms with Crippen LogP contribution in [0.1, 0.15) is 5.69 Å². The van der Waals surface area contributed by atoms with Crippen molar-refractivity contribution in [2.24, 2.45) is 0 Å². The summed E-state index contributed by atoms with van der Waals surface area (Å²) < 4.78 is 9.66. The van der Waals surface area contributed by atoms with Crippen molar-refractivity contribution in [1.29, 1.82) is 0 Å². The quantitative estimate of drug-likeness (QED) is 0.856. The van der Waals surface area contributed by atoms with E-state index in [2.05, 4.69) is 9.59 Å². The summed E-state index contributed by atoms with van der Waals surface area (Å²) in [6.07, 6.45) is 0. The second-order valence-electron chi connectivity index (χ2n) is 2.86.